The van der Waals surface area contributed by atoms with Gasteiger partial charge < -0.3 is 0 Å². The third-order valence-corrected chi connectivity index (χ3v) is 123. The Kier molecular flexibility index (Phi) is 15.7. The molecule has 81 heavy (non-hydrogen) atoms. The largest absolute Gasteiger partial charge is 0.121 e. The van der Waals surface area contributed by atoms with E-state index in [0.717, 1.165) is 0 Å². The van der Waals surface area contributed by atoms with Crippen molar-refractivity contribution in [3.05, 3.63) is 364 Å². The van der Waals surface area contributed by atoms with Crippen LogP contribution in [-0.2, 0) is 0 Å². The second-order valence-corrected chi connectivity index (χ2v) is 75.4. The third-order valence-electron chi connectivity index (χ3n) is 17.7. The lowest BCUT2D eigenvalue weighted by molar-refractivity contribution is 1.68. The molecule has 0 aliphatic carbocycles. The summed E-state index contributed by atoms with van der Waals surface area (Å²) in [5, 5.41) is 18.3. The van der Waals surface area contributed by atoms with E-state index in [9.17, 15) is 0 Å². The second-order valence-electron chi connectivity index (χ2n) is 21.8. The van der Waals surface area contributed by atoms with E-state index < -0.39 is 52.2 Å². The monoisotopic (exact) mass is 1150 g/mol. The highest BCUT2D eigenvalue weighted by Crippen LogP contribution is 2.42. The predicted octanol–water partition coefficient (Wildman–Crippen LogP) is 8.84. The molecule has 0 unspecified atom stereocenters. The van der Waals surface area contributed by atoms with E-state index in [1.165, 1.54) is 41.5 Å². The quantitative estimate of drug-likeness (QED) is 0.0755. The van der Waals surface area contributed by atoms with Crippen molar-refractivity contribution in [3.63, 3.8) is 0 Å². The van der Waals surface area contributed by atoms with Crippen molar-refractivity contribution in [3.8, 4) is 0 Å². The lowest BCUT2D eigenvalue weighted by Gasteiger charge is -2.68. The number of benzene rings is 12. The lowest BCUT2D eigenvalue weighted by atomic mass is 10.4. The first kappa shape index (κ1) is 53.8. The van der Waals surface area contributed by atoms with Crippen LogP contribution in [0.25, 0.3) is 0 Å². The molecule has 0 saturated heterocycles. The molecule has 0 aliphatic heterocycles. The summed E-state index contributed by atoms with van der Waals surface area (Å²) >= 11 is 0. The Morgan fingerprint density at radius 3 is 0.469 bits per heavy atom. The Bertz CT molecular complexity index is 3370. The van der Waals surface area contributed by atoms with E-state index in [2.05, 4.69) is 377 Å². The normalized spacial score (nSPS) is 12.3. The first-order valence-electron chi connectivity index (χ1n) is 28.4. The Balaban J connectivity index is 1.46. The third kappa shape index (κ3) is 8.87. The van der Waals surface area contributed by atoms with Crippen LogP contribution in [0, 0.1) is 0 Å². The highest BCUT2D eigenvalue weighted by atomic mass is 30.0. The van der Waals surface area contributed by atoms with E-state index in [-0.39, 0.29) is 0 Å². The van der Waals surface area contributed by atoms with Gasteiger partial charge in [-0.15, -0.1) is 0 Å². The van der Waals surface area contributed by atoms with E-state index >= 15 is 0 Å². The molecule has 0 aliphatic rings. The average Bonchev–Trinajstić information content (AvgIpc) is 2.44. The molecule has 0 bridgehead atoms. The molecule has 2 radical (unpaired) electrons. The molecule has 0 N–H and O–H groups in total. The average molecular weight is 1150 g/mol. The van der Waals surface area contributed by atoms with Gasteiger partial charge in [0.15, 0.2) is 0 Å². The highest BCUT2D eigenvalue weighted by molar-refractivity contribution is 8.11. The van der Waals surface area contributed by atoms with Crippen LogP contribution in [0.4, 0.5) is 0 Å². The van der Waals surface area contributed by atoms with Crippen LogP contribution in [0.3, 0.4) is 0 Å². The van der Waals surface area contributed by atoms with Crippen molar-refractivity contribution in [2.75, 3.05) is 0 Å². The molecule has 0 aromatic heterocycles. The van der Waals surface area contributed by atoms with E-state index in [1.54, 1.807) is 20.7 Å². The summed E-state index contributed by atoms with van der Waals surface area (Å²) in [5.41, 5.74) is 0. The van der Waals surface area contributed by atoms with Crippen LogP contribution < -0.4 is 62.2 Å². The summed E-state index contributed by atoms with van der Waals surface area (Å²) < 4.78 is 0. The van der Waals surface area contributed by atoms with E-state index in [4.69, 9.17) is 0 Å². The van der Waals surface area contributed by atoms with Gasteiger partial charge in [0.1, 0.15) is 45.1 Å². The van der Waals surface area contributed by atoms with Crippen molar-refractivity contribution in [1.82, 2.24) is 0 Å². The molecule has 0 heterocycles. The van der Waals surface area contributed by atoms with Gasteiger partial charge in [-0.1, -0.05) is 439 Å². The SMILES string of the molecule is C[Si](C)([Si](c1ccccc1)(c1ccccc1)[Si](c1ccccc1)(c1ccccc1)[Si](c1ccccc1)c1ccccc1)[Si](c1ccccc1)(c1ccccc1)[Si](c1ccccc1)(c1ccccc1)[Si](c1ccccc1)c1ccccc1. The van der Waals surface area contributed by atoms with Gasteiger partial charge in [-0.2, -0.15) is 0 Å². The van der Waals surface area contributed by atoms with Gasteiger partial charge in [0.2, 0.25) is 0 Å². The van der Waals surface area contributed by atoms with Gasteiger partial charge >= 0.3 is 0 Å². The molecule has 0 spiro atoms. The standard InChI is InChI=1S/C74H66Si7/c1-77(2,80(71-55-31-11-32-56-71,72-57-33-12-34-58-72)78(67-47-23-7-24-48-67,68-49-25-8-26-50-68)75(63-39-15-3-16-40-63)64-41-17-4-18-42-64)81(73-59-35-13-36-60-73,74-61-37-14-38-62-74)79(69-51-27-9-28-52-69,70-53-29-10-30-54-70)76(65-43-19-5-20-44-65)66-45-21-6-22-46-66/h3-62H,1-2H3. The van der Waals surface area contributed by atoms with Crippen LogP contribution in [0.2, 0.25) is 13.1 Å². The maximum atomic E-state index is 3.04. The zero-order valence-corrected chi connectivity index (χ0v) is 53.1. The zero-order valence-electron chi connectivity index (χ0n) is 46.1. The summed E-state index contributed by atoms with van der Waals surface area (Å²) in [6.45, 7) is 6.08. The first-order chi connectivity index (χ1) is 40.0. The molecule has 0 amide bonds. The maximum absolute atomic E-state index is 3.65. The van der Waals surface area contributed by atoms with Crippen LogP contribution in [0.1, 0.15) is 0 Å². The van der Waals surface area contributed by atoms with Crippen LogP contribution in [0.15, 0.2) is 364 Å². The van der Waals surface area contributed by atoms with Crippen LogP contribution in [0.5, 0.6) is 0 Å². The first-order valence-corrected chi connectivity index (χ1v) is 48.4. The van der Waals surface area contributed by atoms with Gasteiger partial charge in [-0.3, -0.25) is 0 Å². The molecule has 0 atom stereocenters. The van der Waals surface area contributed by atoms with E-state index in [0.29, 0.717) is 0 Å². The smallest absolute Gasteiger partial charge is 0.0723 e. The fourth-order valence-corrected chi connectivity index (χ4v) is 188. The van der Waals surface area contributed by atoms with Gasteiger partial charge in [0.25, 0.3) is 0 Å². The molecule has 390 valence electrons. The lowest BCUT2D eigenvalue weighted by Crippen LogP contribution is -3.10. The Hall–Kier alpha value is -7.84. The van der Waals surface area contributed by atoms with Gasteiger partial charge in [0.05, 0.1) is 7.11 Å². The minimum absolute atomic E-state index is 1.47. The molecular formula is C74H66Si7. The highest BCUT2D eigenvalue weighted by Gasteiger charge is 2.80. The van der Waals surface area contributed by atoms with E-state index in [1.807, 2.05) is 0 Å². The number of hydrogen-bond donors (Lipinski definition) is 0. The Labute approximate surface area is 487 Å². The Morgan fingerprint density at radius 2 is 0.309 bits per heavy atom. The molecule has 7 heteroatoms. The molecule has 0 fully saturated rings. The summed E-state index contributed by atoms with van der Waals surface area (Å²) in [4.78, 5) is 0. The maximum Gasteiger partial charge on any atom is 0.121 e. The van der Waals surface area contributed by atoms with Crippen molar-refractivity contribution in [2.24, 2.45) is 0 Å². The van der Waals surface area contributed by atoms with Crippen molar-refractivity contribution in [1.29, 1.82) is 0 Å². The summed E-state index contributed by atoms with van der Waals surface area (Å²) in [6.07, 6.45) is 0. The number of hydrogen-bond acceptors (Lipinski definition) is 0. The topological polar surface area (TPSA) is 0 Å². The van der Waals surface area contributed by atoms with Crippen LogP contribution >= 0.6 is 0 Å². The fourth-order valence-electron chi connectivity index (χ4n) is 15.1. The van der Waals surface area contributed by atoms with Gasteiger partial charge in [-0.05, 0) is 0 Å². The minimum Gasteiger partial charge on any atom is -0.0723 e. The molecule has 12 aromatic carbocycles. The molecule has 0 nitrogen and oxygen atoms in total. The van der Waals surface area contributed by atoms with Gasteiger partial charge in [-0.25, -0.2) is 0 Å². The summed E-state index contributed by atoms with van der Waals surface area (Å²) in [6, 6.07) is 147. The molecule has 12 rings (SSSR count). The zero-order chi connectivity index (χ0) is 55.0. The summed E-state index contributed by atoms with van der Waals surface area (Å²) in [7, 11) is -21.6. The molecular weight excluding hydrogens is 1090 g/mol. The minimum atomic E-state index is -3.65. The van der Waals surface area contributed by atoms with Gasteiger partial charge in [0, 0.05) is 0 Å². The van der Waals surface area contributed by atoms with Crippen molar-refractivity contribution >= 4 is 114 Å². The summed E-state index contributed by atoms with van der Waals surface area (Å²) in [5.74, 6) is 0. The van der Waals surface area contributed by atoms with Crippen molar-refractivity contribution in [2.45, 2.75) is 13.1 Å². The molecule has 0 saturated carbocycles. The predicted molar refractivity (Wildman–Crippen MR) is 365 cm³/mol. The fraction of sp³-hybridized carbons (Fsp3) is 0.0270. The Morgan fingerprint density at radius 1 is 0.173 bits per heavy atom. The second kappa shape index (κ2) is 23.7. The van der Waals surface area contributed by atoms with Crippen molar-refractivity contribution < 1.29 is 0 Å². The number of rotatable bonds is 18. The molecule has 12 aromatic rings. The van der Waals surface area contributed by atoms with Crippen LogP contribution in [-0.4, -0.2) is 52.2 Å².